The van der Waals surface area contributed by atoms with Crippen LogP contribution in [0.15, 0.2) is 36.4 Å². The van der Waals surface area contributed by atoms with E-state index in [1.54, 1.807) is 17.7 Å². The summed E-state index contributed by atoms with van der Waals surface area (Å²) in [4.78, 5) is 11.8. The summed E-state index contributed by atoms with van der Waals surface area (Å²) in [5, 5.41) is 4.36. The third kappa shape index (κ3) is 2.84. The Morgan fingerprint density at radius 3 is 2.58 bits per heavy atom. The largest absolute Gasteiger partial charge is 0.461 e. The van der Waals surface area contributed by atoms with Crippen LogP contribution in [-0.2, 0) is 4.74 Å². The molecule has 1 heterocycles. The molecule has 1 aromatic carbocycles. The zero-order chi connectivity index (χ0) is 13.8. The van der Waals surface area contributed by atoms with Crippen molar-refractivity contribution >= 4 is 5.97 Å². The van der Waals surface area contributed by atoms with Gasteiger partial charge in [0.2, 0.25) is 0 Å². The standard InChI is InChI=1S/C15H18N2O2/c1-4-19-15(18)13-10-14(11(2)3)17(16-13)12-8-6-5-7-9-12/h5-11H,4H2,1-3H3. The molecule has 0 aliphatic rings. The average Bonchev–Trinajstić information content (AvgIpc) is 2.85. The van der Waals surface area contributed by atoms with Crippen LogP contribution in [0, 0.1) is 0 Å². The van der Waals surface area contributed by atoms with Gasteiger partial charge in [0.15, 0.2) is 5.69 Å². The number of esters is 1. The predicted molar refractivity (Wildman–Crippen MR) is 73.6 cm³/mol. The van der Waals surface area contributed by atoms with E-state index in [9.17, 15) is 4.79 Å². The number of aromatic nitrogens is 2. The third-order valence-electron chi connectivity index (χ3n) is 2.81. The highest BCUT2D eigenvalue weighted by Crippen LogP contribution is 2.20. The molecule has 0 bridgehead atoms. The van der Waals surface area contributed by atoms with Gasteiger partial charge in [-0.15, -0.1) is 0 Å². The van der Waals surface area contributed by atoms with Gasteiger partial charge in [-0.05, 0) is 31.0 Å². The van der Waals surface area contributed by atoms with E-state index < -0.39 is 0 Å². The first-order valence-electron chi connectivity index (χ1n) is 6.46. The first-order chi connectivity index (χ1) is 9.13. The Hall–Kier alpha value is -2.10. The van der Waals surface area contributed by atoms with Crippen LogP contribution in [0.25, 0.3) is 5.69 Å². The maximum absolute atomic E-state index is 11.8. The molecule has 4 heteroatoms. The van der Waals surface area contributed by atoms with E-state index in [4.69, 9.17) is 4.74 Å². The Morgan fingerprint density at radius 2 is 2.00 bits per heavy atom. The second kappa shape index (κ2) is 5.69. The van der Waals surface area contributed by atoms with Crippen LogP contribution in [0.2, 0.25) is 0 Å². The SMILES string of the molecule is CCOC(=O)c1cc(C(C)C)n(-c2ccccc2)n1. The fourth-order valence-corrected chi connectivity index (χ4v) is 1.89. The summed E-state index contributed by atoms with van der Waals surface area (Å²) in [6.45, 7) is 6.29. The lowest BCUT2D eigenvalue weighted by molar-refractivity contribution is 0.0519. The molecular weight excluding hydrogens is 240 g/mol. The Kier molecular flexibility index (Phi) is 4.00. The summed E-state index contributed by atoms with van der Waals surface area (Å²) in [6, 6.07) is 11.6. The Balaban J connectivity index is 2.45. The molecule has 19 heavy (non-hydrogen) atoms. The number of para-hydroxylation sites is 1. The maximum atomic E-state index is 11.8. The molecule has 0 fully saturated rings. The summed E-state index contributed by atoms with van der Waals surface area (Å²) in [5.74, 6) is -0.102. The molecule has 1 aromatic heterocycles. The second-order valence-corrected chi connectivity index (χ2v) is 4.58. The number of ether oxygens (including phenoxy) is 1. The molecule has 0 aliphatic heterocycles. The van der Waals surface area contributed by atoms with Crippen LogP contribution in [-0.4, -0.2) is 22.4 Å². The molecule has 4 nitrogen and oxygen atoms in total. The van der Waals surface area contributed by atoms with Gasteiger partial charge in [-0.1, -0.05) is 32.0 Å². The highest BCUT2D eigenvalue weighted by atomic mass is 16.5. The van der Waals surface area contributed by atoms with Crippen molar-refractivity contribution in [2.45, 2.75) is 26.7 Å². The van der Waals surface area contributed by atoms with Crippen LogP contribution in [0.5, 0.6) is 0 Å². The number of nitrogens with zero attached hydrogens (tertiary/aromatic N) is 2. The maximum Gasteiger partial charge on any atom is 0.358 e. The van der Waals surface area contributed by atoms with Crippen molar-refractivity contribution in [1.29, 1.82) is 0 Å². The molecule has 0 saturated carbocycles. The lowest BCUT2D eigenvalue weighted by Crippen LogP contribution is -2.07. The number of carbonyl (C=O) groups is 1. The second-order valence-electron chi connectivity index (χ2n) is 4.58. The van der Waals surface area contributed by atoms with E-state index in [-0.39, 0.29) is 11.9 Å². The zero-order valence-electron chi connectivity index (χ0n) is 11.5. The van der Waals surface area contributed by atoms with Gasteiger partial charge in [0.1, 0.15) is 0 Å². The van der Waals surface area contributed by atoms with Crippen molar-refractivity contribution in [1.82, 2.24) is 9.78 Å². The van der Waals surface area contributed by atoms with Crippen LogP contribution >= 0.6 is 0 Å². The fraction of sp³-hybridized carbons (Fsp3) is 0.333. The molecular formula is C15H18N2O2. The predicted octanol–water partition coefficient (Wildman–Crippen LogP) is 3.17. The van der Waals surface area contributed by atoms with E-state index in [0.29, 0.717) is 12.3 Å². The fourth-order valence-electron chi connectivity index (χ4n) is 1.89. The van der Waals surface area contributed by atoms with Crippen LogP contribution in [0.1, 0.15) is 42.9 Å². The molecule has 2 rings (SSSR count). The summed E-state index contributed by atoms with van der Waals surface area (Å²) in [7, 11) is 0. The monoisotopic (exact) mass is 258 g/mol. The molecule has 0 spiro atoms. The topological polar surface area (TPSA) is 44.1 Å². The van der Waals surface area contributed by atoms with Gasteiger partial charge >= 0.3 is 5.97 Å². The molecule has 0 unspecified atom stereocenters. The quantitative estimate of drug-likeness (QED) is 0.791. The van der Waals surface area contributed by atoms with E-state index in [1.807, 2.05) is 30.3 Å². The van der Waals surface area contributed by atoms with Crippen molar-refractivity contribution in [3.05, 3.63) is 47.8 Å². The van der Waals surface area contributed by atoms with E-state index in [1.165, 1.54) is 0 Å². The van der Waals surface area contributed by atoms with Crippen LogP contribution in [0.4, 0.5) is 0 Å². The highest BCUT2D eigenvalue weighted by Gasteiger charge is 2.17. The van der Waals surface area contributed by atoms with Gasteiger partial charge in [-0.25, -0.2) is 9.48 Å². The number of hydrogen-bond donors (Lipinski definition) is 0. The lowest BCUT2D eigenvalue weighted by Gasteiger charge is -2.09. The van der Waals surface area contributed by atoms with Crippen LogP contribution < -0.4 is 0 Å². The molecule has 0 aliphatic carbocycles. The van der Waals surface area contributed by atoms with Crippen molar-refractivity contribution in [2.75, 3.05) is 6.61 Å². The molecule has 0 radical (unpaired) electrons. The first kappa shape index (κ1) is 13.3. The average molecular weight is 258 g/mol. The van der Waals surface area contributed by atoms with Gasteiger partial charge in [0.05, 0.1) is 12.3 Å². The molecule has 0 atom stereocenters. The van der Waals surface area contributed by atoms with Crippen LogP contribution in [0.3, 0.4) is 0 Å². The lowest BCUT2D eigenvalue weighted by atomic mass is 10.1. The van der Waals surface area contributed by atoms with Gasteiger partial charge in [-0.3, -0.25) is 0 Å². The van der Waals surface area contributed by atoms with E-state index >= 15 is 0 Å². The summed E-state index contributed by atoms with van der Waals surface area (Å²) in [6.07, 6.45) is 0. The number of hydrogen-bond acceptors (Lipinski definition) is 3. The van der Waals surface area contributed by atoms with Gasteiger partial charge in [0.25, 0.3) is 0 Å². The summed E-state index contributed by atoms with van der Waals surface area (Å²) < 4.78 is 6.80. The van der Waals surface area contributed by atoms with Crippen molar-refractivity contribution in [3.8, 4) is 5.69 Å². The van der Waals surface area contributed by atoms with Crippen molar-refractivity contribution < 1.29 is 9.53 Å². The normalized spacial score (nSPS) is 10.7. The molecule has 2 aromatic rings. The Bertz CT molecular complexity index is 559. The first-order valence-corrected chi connectivity index (χ1v) is 6.46. The number of carbonyl (C=O) groups excluding carboxylic acids is 1. The molecule has 0 saturated heterocycles. The Labute approximate surface area is 113 Å². The minimum absolute atomic E-state index is 0.274. The zero-order valence-corrected chi connectivity index (χ0v) is 11.5. The van der Waals surface area contributed by atoms with Crippen molar-refractivity contribution in [2.24, 2.45) is 0 Å². The van der Waals surface area contributed by atoms with Gasteiger partial charge in [0, 0.05) is 5.69 Å². The molecule has 0 N–H and O–H groups in total. The summed E-state index contributed by atoms with van der Waals surface area (Å²) in [5.41, 5.74) is 2.30. The minimum atomic E-state index is -0.376. The van der Waals surface area contributed by atoms with Gasteiger partial charge < -0.3 is 4.74 Å². The van der Waals surface area contributed by atoms with E-state index in [2.05, 4.69) is 18.9 Å². The van der Waals surface area contributed by atoms with Crippen molar-refractivity contribution in [3.63, 3.8) is 0 Å². The molecule has 100 valence electrons. The number of benzene rings is 1. The molecule has 0 amide bonds. The highest BCUT2D eigenvalue weighted by molar-refractivity contribution is 5.87. The third-order valence-corrected chi connectivity index (χ3v) is 2.81. The van der Waals surface area contributed by atoms with Gasteiger partial charge in [-0.2, -0.15) is 5.10 Å². The van der Waals surface area contributed by atoms with E-state index in [0.717, 1.165) is 11.4 Å². The smallest absolute Gasteiger partial charge is 0.358 e. The minimum Gasteiger partial charge on any atom is -0.461 e. The Morgan fingerprint density at radius 1 is 1.32 bits per heavy atom. The number of rotatable bonds is 4. The summed E-state index contributed by atoms with van der Waals surface area (Å²) >= 11 is 0.